The zero-order chi connectivity index (χ0) is 25.9. The van der Waals surface area contributed by atoms with Gasteiger partial charge in [0.25, 0.3) is 0 Å². The number of primary amides is 1. The molecule has 13 heteroatoms. The van der Waals surface area contributed by atoms with Crippen LogP contribution in [0, 0.1) is 11.8 Å². The number of hydrogen-bond acceptors (Lipinski definition) is 7. The lowest BCUT2D eigenvalue weighted by Gasteiger charge is -2.26. The molecule has 0 saturated carbocycles. The normalized spacial score (nSPS) is 14.6. The lowest BCUT2D eigenvalue weighted by molar-refractivity contribution is -0.144. The molecule has 0 spiro atoms. The number of aliphatic carboxylic acids is 2. The average molecular weight is 474 g/mol. The molecule has 4 amide bonds. The molecule has 0 aromatic carbocycles. The van der Waals surface area contributed by atoms with Crippen LogP contribution in [0.25, 0.3) is 0 Å². The van der Waals surface area contributed by atoms with E-state index in [9.17, 15) is 33.9 Å². The maximum Gasteiger partial charge on any atom is 0.326 e. The molecule has 0 bridgehead atoms. The van der Waals surface area contributed by atoms with Gasteiger partial charge in [0.1, 0.15) is 18.1 Å². The summed E-state index contributed by atoms with van der Waals surface area (Å²) in [6, 6.07) is -5.13. The van der Waals surface area contributed by atoms with Crippen molar-refractivity contribution in [2.24, 2.45) is 23.3 Å². The van der Waals surface area contributed by atoms with E-state index >= 15 is 0 Å². The molecule has 0 heterocycles. The molecule has 0 aliphatic carbocycles. The third-order valence-corrected chi connectivity index (χ3v) is 4.62. The van der Waals surface area contributed by atoms with Crippen LogP contribution in [0.5, 0.6) is 0 Å². The summed E-state index contributed by atoms with van der Waals surface area (Å²) in [5.74, 6) is -6.40. The highest BCUT2D eigenvalue weighted by atomic mass is 16.4. The van der Waals surface area contributed by atoms with Gasteiger partial charge in [-0.05, 0) is 24.7 Å². The highest BCUT2D eigenvalue weighted by Crippen LogP contribution is 2.09. The first-order valence-corrected chi connectivity index (χ1v) is 10.5. The highest BCUT2D eigenvalue weighted by Gasteiger charge is 2.32. The standard InChI is InChI=1S/C20H35N5O8/c1-9(2)7-12(19(31)25-16(10(3)4)20(32)33)24-18(30)13(8-15(27)28)23-17(29)11(21)5-6-14(22)26/h9-13,16H,5-8,21H2,1-4H3,(H2,22,26)(H,23,29)(H,24,30)(H,25,31)(H,27,28)(H,32,33). The van der Waals surface area contributed by atoms with E-state index in [1.165, 1.54) is 0 Å². The van der Waals surface area contributed by atoms with Crippen molar-refractivity contribution in [3.63, 3.8) is 0 Å². The Morgan fingerprint density at radius 1 is 0.818 bits per heavy atom. The van der Waals surface area contributed by atoms with Gasteiger partial charge in [0.2, 0.25) is 23.6 Å². The molecule has 0 aromatic rings. The summed E-state index contributed by atoms with van der Waals surface area (Å²) in [5.41, 5.74) is 10.7. The zero-order valence-corrected chi connectivity index (χ0v) is 19.3. The first-order valence-electron chi connectivity index (χ1n) is 10.5. The Balaban J connectivity index is 5.49. The van der Waals surface area contributed by atoms with E-state index in [-0.39, 0.29) is 25.2 Å². The van der Waals surface area contributed by atoms with E-state index in [0.717, 1.165) is 0 Å². The molecule has 0 saturated heterocycles. The van der Waals surface area contributed by atoms with Gasteiger partial charge in [0.05, 0.1) is 12.5 Å². The predicted octanol–water partition coefficient (Wildman–Crippen LogP) is -1.70. The number of nitrogens with two attached hydrogens (primary N) is 2. The number of rotatable bonds is 15. The second kappa shape index (κ2) is 14.0. The van der Waals surface area contributed by atoms with Crippen LogP contribution in [0.2, 0.25) is 0 Å². The highest BCUT2D eigenvalue weighted by molar-refractivity contribution is 5.95. The van der Waals surface area contributed by atoms with Crippen LogP contribution in [0.4, 0.5) is 0 Å². The molecule has 0 fully saturated rings. The first-order chi connectivity index (χ1) is 15.1. The first kappa shape index (κ1) is 29.8. The molecule has 0 aliphatic heterocycles. The number of carboxylic acids is 2. The minimum Gasteiger partial charge on any atom is -0.481 e. The monoisotopic (exact) mass is 473 g/mol. The summed E-state index contributed by atoms with van der Waals surface area (Å²) in [6.45, 7) is 6.76. The quantitative estimate of drug-likeness (QED) is 0.143. The average Bonchev–Trinajstić information content (AvgIpc) is 2.67. The second-order valence-electron chi connectivity index (χ2n) is 8.53. The summed E-state index contributed by atoms with van der Waals surface area (Å²) < 4.78 is 0. The molecule has 9 N–H and O–H groups in total. The molecule has 4 atom stereocenters. The molecule has 0 radical (unpaired) electrons. The second-order valence-corrected chi connectivity index (χ2v) is 8.53. The van der Waals surface area contributed by atoms with Gasteiger partial charge in [-0.3, -0.25) is 24.0 Å². The van der Waals surface area contributed by atoms with Crippen LogP contribution in [-0.4, -0.2) is 69.9 Å². The van der Waals surface area contributed by atoms with E-state index in [2.05, 4.69) is 16.0 Å². The molecule has 0 aliphatic rings. The largest absolute Gasteiger partial charge is 0.481 e. The maximum atomic E-state index is 12.8. The molecule has 4 unspecified atom stereocenters. The molecule has 33 heavy (non-hydrogen) atoms. The van der Waals surface area contributed by atoms with E-state index in [0.29, 0.717) is 0 Å². The van der Waals surface area contributed by atoms with Crippen LogP contribution in [-0.2, 0) is 28.8 Å². The fraction of sp³-hybridized carbons (Fsp3) is 0.700. The van der Waals surface area contributed by atoms with Crippen molar-refractivity contribution in [2.45, 2.75) is 77.5 Å². The van der Waals surface area contributed by atoms with E-state index < -0.39 is 72.1 Å². The Hall–Kier alpha value is -3.22. The fourth-order valence-corrected chi connectivity index (χ4v) is 2.83. The van der Waals surface area contributed by atoms with Gasteiger partial charge >= 0.3 is 11.9 Å². The van der Waals surface area contributed by atoms with Crippen LogP contribution < -0.4 is 27.4 Å². The summed E-state index contributed by atoms with van der Waals surface area (Å²) in [6.07, 6.45) is -0.942. The van der Waals surface area contributed by atoms with Gasteiger partial charge < -0.3 is 37.6 Å². The third-order valence-electron chi connectivity index (χ3n) is 4.62. The van der Waals surface area contributed by atoms with Crippen molar-refractivity contribution >= 4 is 35.6 Å². The number of hydrogen-bond donors (Lipinski definition) is 7. The Labute approximate surface area is 192 Å². The molecule has 0 aromatic heterocycles. The van der Waals surface area contributed by atoms with Crippen molar-refractivity contribution in [1.82, 2.24) is 16.0 Å². The van der Waals surface area contributed by atoms with Crippen LogP contribution in [0.3, 0.4) is 0 Å². The lowest BCUT2D eigenvalue weighted by atomic mass is 10.00. The van der Waals surface area contributed by atoms with E-state index in [1.807, 2.05) is 0 Å². The zero-order valence-electron chi connectivity index (χ0n) is 19.3. The predicted molar refractivity (Wildman–Crippen MR) is 116 cm³/mol. The Kier molecular flexibility index (Phi) is 12.7. The van der Waals surface area contributed by atoms with Crippen LogP contribution in [0.15, 0.2) is 0 Å². The van der Waals surface area contributed by atoms with Gasteiger partial charge in [-0.25, -0.2) is 4.79 Å². The fourth-order valence-electron chi connectivity index (χ4n) is 2.83. The van der Waals surface area contributed by atoms with Gasteiger partial charge in [0, 0.05) is 6.42 Å². The van der Waals surface area contributed by atoms with Crippen LogP contribution >= 0.6 is 0 Å². The van der Waals surface area contributed by atoms with Crippen LogP contribution in [0.1, 0.15) is 53.4 Å². The minimum absolute atomic E-state index is 0.0851. The topological polar surface area (TPSA) is 231 Å². The van der Waals surface area contributed by atoms with Gasteiger partial charge in [-0.2, -0.15) is 0 Å². The molecule has 0 rings (SSSR count). The number of carboxylic acid groups (broad SMARTS) is 2. The Morgan fingerprint density at radius 2 is 1.33 bits per heavy atom. The number of amides is 4. The summed E-state index contributed by atoms with van der Waals surface area (Å²) in [7, 11) is 0. The van der Waals surface area contributed by atoms with E-state index in [4.69, 9.17) is 16.6 Å². The molecule has 13 nitrogen and oxygen atoms in total. The van der Waals surface area contributed by atoms with Crippen molar-refractivity contribution in [3.8, 4) is 0 Å². The maximum absolute atomic E-state index is 12.8. The number of nitrogens with one attached hydrogen (secondary N) is 3. The number of carbonyl (C=O) groups is 6. The van der Waals surface area contributed by atoms with Crippen molar-refractivity contribution < 1.29 is 39.0 Å². The summed E-state index contributed by atoms with van der Waals surface area (Å²) in [4.78, 5) is 71.1. The molecule has 188 valence electrons. The Bertz CT molecular complexity index is 740. The van der Waals surface area contributed by atoms with Crippen molar-refractivity contribution in [2.75, 3.05) is 0 Å². The smallest absolute Gasteiger partial charge is 0.326 e. The lowest BCUT2D eigenvalue weighted by Crippen LogP contribution is -2.58. The third kappa shape index (κ3) is 11.8. The summed E-state index contributed by atoms with van der Waals surface area (Å²) in [5, 5.41) is 25.4. The molecular formula is C20H35N5O8. The minimum atomic E-state index is -1.56. The Morgan fingerprint density at radius 3 is 1.76 bits per heavy atom. The molecular weight excluding hydrogens is 438 g/mol. The van der Waals surface area contributed by atoms with Gasteiger partial charge in [-0.15, -0.1) is 0 Å². The van der Waals surface area contributed by atoms with Gasteiger partial charge in [0.15, 0.2) is 0 Å². The van der Waals surface area contributed by atoms with Crippen molar-refractivity contribution in [1.29, 1.82) is 0 Å². The summed E-state index contributed by atoms with van der Waals surface area (Å²) >= 11 is 0. The van der Waals surface area contributed by atoms with Gasteiger partial charge in [-0.1, -0.05) is 27.7 Å². The number of carbonyl (C=O) groups excluding carboxylic acids is 4. The van der Waals surface area contributed by atoms with Crippen molar-refractivity contribution in [3.05, 3.63) is 0 Å². The SMILES string of the molecule is CC(C)CC(NC(=O)C(CC(=O)O)NC(=O)C(N)CCC(N)=O)C(=O)NC(C(=O)O)C(C)C. The van der Waals surface area contributed by atoms with E-state index in [1.54, 1.807) is 27.7 Å².